The number of benzene rings is 2. The Bertz CT molecular complexity index is 1480. The van der Waals surface area contributed by atoms with Crippen molar-refractivity contribution in [2.75, 3.05) is 32.7 Å². The summed E-state index contributed by atoms with van der Waals surface area (Å²) in [7, 11) is 0. The van der Waals surface area contributed by atoms with Crippen molar-refractivity contribution in [3.63, 3.8) is 0 Å². The number of allylic oxidation sites excluding steroid dienone is 1. The number of fused-ring (bicyclic) bond motifs is 1. The van der Waals surface area contributed by atoms with E-state index in [1.807, 2.05) is 16.8 Å². The van der Waals surface area contributed by atoms with Gasteiger partial charge in [-0.25, -0.2) is 4.79 Å². The average Bonchev–Trinajstić information content (AvgIpc) is 3.31. The molecule has 0 bridgehead atoms. The van der Waals surface area contributed by atoms with Gasteiger partial charge in [-0.3, -0.25) is 14.4 Å². The first kappa shape index (κ1) is 30.5. The maximum Gasteiger partial charge on any atom is 0.491 e. The number of hydrogen-bond donors (Lipinski definition) is 1. The molecule has 1 N–H and O–H groups in total. The van der Waals surface area contributed by atoms with Crippen LogP contribution in [0.3, 0.4) is 0 Å². The van der Waals surface area contributed by atoms with Crippen LogP contribution in [-0.4, -0.2) is 65.5 Å². The van der Waals surface area contributed by atoms with Gasteiger partial charge in [0.25, 0.3) is 0 Å². The largest absolute Gasteiger partial charge is 0.491 e. The van der Waals surface area contributed by atoms with E-state index in [1.54, 1.807) is 11.0 Å². The molecule has 3 heterocycles. The standard InChI is InChI=1S/C30H31Cl2F3N4O3/c31-24-6-4-21(15-25(24)32)17-39-26-16-20(2-1-19-7-11-36-12-8-19)3-5-23(26)28(37-39)22-9-13-38(14-10-22)18-27(40)42-29(41)30(33,34)35/h1-6,15-16,19,22,36H,7-14,17-18H2. The summed E-state index contributed by atoms with van der Waals surface area (Å²) in [6.45, 7) is 3.08. The van der Waals surface area contributed by atoms with Crippen molar-refractivity contribution in [2.24, 2.45) is 5.92 Å². The Hall–Kier alpha value is -2.92. The summed E-state index contributed by atoms with van der Waals surface area (Å²) in [5.74, 6) is -3.07. The van der Waals surface area contributed by atoms with E-state index in [4.69, 9.17) is 28.3 Å². The van der Waals surface area contributed by atoms with Gasteiger partial charge in [-0.2, -0.15) is 18.3 Å². The van der Waals surface area contributed by atoms with Gasteiger partial charge in [-0.1, -0.05) is 53.6 Å². The molecule has 5 rings (SSSR count). The topological polar surface area (TPSA) is 76.5 Å². The van der Waals surface area contributed by atoms with Gasteiger partial charge in [0.1, 0.15) is 0 Å². The van der Waals surface area contributed by atoms with Gasteiger partial charge < -0.3 is 10.1 Å². The fourth-order valence-electron chi connectivity index (χ4n) is 5.58. The molecule has 12 heteroatoms. The third kappa shape index (κ3) is 7.53. The van der Waals surface area contributed by atoms with Gasteiger partial charge in [0.05, 0.1) is 34.3 Å². The minimum absolute atomic E-state index is 0.0859. The van der Waals surface area contributed by atoms with E-state index in [-0.39, 0.29) is 12.5 Å². The molecular weight excluding hydrogens is 592 g/mol. The number of nitrogens with one attached hydrogen (secondary N) is 1. The number of alkyl halides is 3. The summed E-state index contributed by atoms with van der Waals surface area (Å²) < 4.78 is 43.2. The van der Waals surface area contributed by atoms with Crippen LogP contribution < -0.4 is 5.32 Å². The van der Waals surface area contributed by atoms with Gasteiger partial charge in [0.15, 0.2) is 0 Å². The highest BCUT2D eigenvalue weighted by Gasteiger charge is 2.42. The van der Waals surface area contributed by atoms with Gasteiger partial charge in [0, 0.05) is 11.3 Å². The van der Waals surface area contributed by atoms with Crippen LogP contribution in [0, 0.1) is 5.92 Å². The van der Waals surface area contributed by atoms with Gasteiger partial charge in [-0.15, -0.1) is 0 Å². The zero-order valence-corrected chi connectivity index (χ0v) is 24.3. The summed E-state index contributed by atoms with van der Waals surface area (Å²) in [5, 5.41) is 10.4. The first-order valence-electron chi connectivity index (χ1n) is 13.9. The molecular formula is C30H31Cl2F3N4O3. The van der Waals surface area contributed by atoms with Crippen LogP contribution in [0.5, 0.6) is 0 Å². The molecule has 7 nitrogen and oxygen atoms in total. The van der Waals surface area contributed by atoms with Gasteiger partial charge in [-0.05, 0) is 87.1 Å². The Morgan fingerprint density at radius 3 is 2.45 bits per heavy atom. The summed E-state index contributed by atoms with van der Waals surface area (Å²) >= 11 is 12.4. The molecule has 0 aliphatic carbocycles. The van der Waals surface area contributed by atoms with E-state index in [0.29, 0.717) is 48.4 Å². The average molecular weight is 624 g/mol. The molecule has 1 aromatic heterocycles. The van der Waals surface area contributed by atoms with Crippen LogP contribution in [0.2, 0.25) is 10.0 Å². The highest BCUT2D eigenvalue weighted by atomic mass is 35.5. The minimum Gasteiger partial charge on any atom is -0.385 e. The molecule has 0 spiro atoms. The molecule has 0 amide bonds. The van der Waals surface area contributed by atoms with Crippen LogP contribution in [0.1, 0.15) is 48.4 Å². The van der Waals surface area contributed by atoms with E-state index in [2.05, 4.69) is 40.4 Å². The number of halogens is 5. The van der Waals surface area contributed by atoms with Crippen molar-refractivity contribution in [3.8, 4) is 0 Å². The van der Waals surface area contributed by atoms with E-state index in [1.165, 1.54) is 0 Å². The Balaban J connectivity index is 1.34. The van der Waals surface area contributed by atoms with Crippen molar-refractivity contribution in [3.05, 3.63) is 69.3 Å². The van der Waals surface area contributed by atoms with Crippen LogP contribution in [-0.2, 0) is 20.9 Å². The van der Waals surface area contributed by atoms with E-state index in [9.17, 15) is 22.8 Å². The second kappa shape index (κ2) is 13.2. The monoisotopic (exact) mass is 622 g/mol. The fourth-order valence-corrected chi connectivity index (χ4v) is 5.90. The van der Waals surface area contributed by atoms with Crippen molar-refractivity contribution < 1.29 is 27.5 Å². The molecule has 224 valence electrons. The highest BCUT2D eigenvalue weighted by molar-refractivity contribution is 6.42. The van der Waals surface area contributed by atoms with Gasteiger partial charge >= 0.3 is 18.1 Å². The summed E-state index contributed by atoms with van der Waals surface area (Å²) in [5.41, 5.74) is 3.97. The number of ether oxygens (including phenoxy) is 1. The molecule has 2 saturated heterocycles. The lowest BCUT2D eigenvalue weighted by atomic mass is 9.91. The molecule has 3 aromatic rings. The van der Waals surface area contributed by atoms with E-state index < -0.39 is 18.1 Å². The second-order valence-electron chi connectivity index (χ2n) is 10.8. The molecule has 0 atom stereocenters. The number of rotatable bonds is 7. The molecule has 0 radical (unpaired) electrons. The number of likely N-dealkylation sites (tertiary alicyclic amines) is 1. The van der Waals surface area contributed by atoms with Crippen LogP contribution in [0.4, 0.5) is 13.2 Å². The fraction of sp³-hybridized carbons (Fsp3) is 0.433. The van der Waals surface area contributed by atoms with Crippen molar-refractivity contribution >= 4 is 52.1 Å². The maximum atomic E-state index is 12.4. The van der Waals surface area contributed by atoms with E-state index in [0.717, 1.165) is 53.7 Å². The molecule has 2 fully saturated rings. The number of carbonyl (C=O) groups is 2. The predicted molar refractivity (Wildman–Crippen MR) is 155 cm³/mol. The van der Waals surface area contributed by atoms with Crippen LogP contribution >= 0.6 is 23.2 Å². The summed E-state index contributed by atoms with van der Waals surface area (Å²) in [6.07, 6.45) is 2.79. The quantitative estimate of drug-likeness (QED) is 0.249. The molecule has 2 aliphatic rings. The number of carbonyl (C=O) groups excluding carboxylic acids is 2. The number of hydrogen-bond acceptors (Lipinski definition) is 6. The van der Waals surface area contributed by atoms with Crippen LogP contribution in [0.15, 0.2) is 42.5 Å². The molecule has 0 unspecified atom stereocenters. The van der Waals surface area contributed by atoms with Crippen molar-refractivity contribution in [1.29, 1.82) is 0 Å². The van der Waals surface area contributed by atoms with E-state index >= 15 is 0 Å². The van der Waals surface area contributed by atoms with Gasteiger partial charge in [0.2, 0.25) is 0 Å². The lowest BCUT2D eigenvalue weighted by molar-refractivity contribution is -0.202. The summed E-state index contributed by atoms with van der Waals surface area (Å²) in [4.78, 5) is 24.5. The zero-order chi connectivity index (χ0) is 29.9. The first-order valence-corrected chi connectivity index (χ1v) is 14.7. The predicted octanol–water partition coefficient (Wildman–Crippen LogP) is 6.22. The molecule has 2 aromatic carbocycles. The Morgan fingerprint density at radius 2 is 1.76 bits per heavy atom. The lowest BCUT2D eigenvalue weighted by Gasteiger charge is -2.30. The van der Waals surface area contributed by atoms with Crippen molar-refractivity contribution in [2.45, 2.75) is 44.3 Å². The second-order valence-corrected chi connectivity index (χ2v) is 11.6. The minimum atomic E-state index is -5.21. The lowest BCUT2D eigenvalue weighted by Crippen LogP contribution is -2.39. The Kier molecular flexibility index (Phi) is 9.57. The Morgan fingerprint density at radius 1 is 1.02 bits per heavy atom. The Labute approximate surface area is 251 Å². The molecule has 0 saturated carbocycles. The number of esters is 2. The third-order valence-corrected chi connectivity index (χ3v) is 8.57. The summed E-state index contributed by atoms with van der Waals surface area (Å²) in [6, 6.07) is 11.9. The number of nitrogens with zero attached hydrogens (tertiary/aromatic N) is 3. The first-order chi connectivity index (χ1) is 20.1. The third-order valence-electron chi connectivity index (χ3n) is 7.83. The highest BCUT2D eigenvalue weighted by Crippen LogP contribution is 2.34. The molecule has 42 heavy (non-hydrogen) atoms. The van der Waals surface area contributed by atoms with Crippen molar-refractivity contribution in [1.82, 2.24) is 20.0 Å². The SMILES string of the molecule is O=C(CN1CCC(c2nn(Cc3ccc(Cl)c(Cl)c3)c3cc(C=CC4CCNCC4)ccc23)CC1)OC(=O)C(F)(F)F. The molecule has 2 aliphatic heterocycles. The maximum absolute atomic E-state index is 12.4. The normalized spacial score (nSPS) is 17.7. The number of piperidine rings is 2. The smallest absolute Gasteiger partial charge is 0.385 e. The zero-order valence-electron chi connectivity index (χ0n) is 22.8. The van der Waals surface area contributed by atoms with Crippen LogP contribution in [0.25, 0.3) is 17.0 Å². The number of aromatic nitrogens is 2.